The van der Waals surface area contributed by atoms with Crippen LogP contribution in [0.15, 0.2) is 203 Å². The summed E-state index contributed by atoms with van der Waals surface area (Å²) in [6, 6.07) is 69.7. The molecule has 0 fully saturated rings. The van der Waals surface area contributed by atoms with E-state index in [0.717, 1.165) is 78.0 Å². The van der Waals surface area contributed by atoms with Crippen LogP contribution in [0.5, 0.6) is 0 Å². The Morgan fingerprint density at radius 3 is 1.16 bits per heavy atom. The van der Waals surface area contributed by atoms with Crippen molar-refractivity contribution >= 4 is 131 Å². The third-order valence-corrected chi connectivity index (χ3v) is 14.1. The summed E-state index contributed by atoms with van der Waals surface area (Å²) >= 11 is 1.87. The van der Waals surface area contributed by atoms with Gasteiger partial charge >= 0.3 is 0 Å². The molecule has 4 nitrogen and oxygen atoms in total. The predicted molar refractivity (Wildman–Crippen MR) is 268 cm³/mol. The highest BCUT2D eigenvalue weighted by atomic mass is 32.1. The molecule has 63 heavy (non-hydrogen) atoms. The first kappa shape index (κ1) is 35.9. The van der Waals surface area contributed by atoms with Gasteiger partial charge in [0.05, 0.1) is 32.1 Å². The summed E-state index contributed by atoms with van der Waals surface area (Å²) < 4.78 is 16.0. The summed E-state index contributed by atoms with van der Waals surface area (Å²) in [5.41, 5.74) is 12.2. The Morgan fingerprint density at radius 1 is 0.333 bits per heavy atom. The highest BCUT2D eigenvalue weighted by Crippen LogP contribution is 2.55. The standard InChI is InChI=1S/C58H38N2O2S/c1-35-17-3-11-27-45(35)59(47-29-15-25-43-41-23-9-13-31-51(41)61-55(43)47)49-33-37-19-5-7-21-39(37)53-54-40-22-8-6-20-38(40)34-50(58(54)63-57(49)53)60(46-28-12-4-18-36(46)2)48-30-16-26-44-42-24-10-14-32-52(42)62-56(44)48/h3-34H,1-2H3. The maximum Gasteiger partial charge on any atom is 0.159 e. The van der Waals surface area contributed by atoms with E-state index >= 15 is 0 Å². The average Bonchev–Trinajstić information content (AvgIpc) is 4.04. The van der Waals surface area contributed by atoms with Gasteiger partial charge in [0.15, 0.2) is 11.2 Å². The molecule has 0 aliphatic carbocycles. The smallest absolute Gasteiger partial charge is 0.159 e. The number of rotatable bonds is 6. The van der Waals surface area contributed by atoms with Crippen LogP contribution in [0.25, 0.3) is 85.6 Å². The Kier molecular flexibility index (Phi) is 7.87. The molecule has 5 heteroatoms. The Hall–Kier alpha value is -7.86. The largest absolute Gasteiger partial charge is 0.454 e. The first-order valence-corrected chi connectivity index (χ1v) is 22.2. The molecule has 10 aromatic carbocycles. The summed E-state index contributed by atoms with van der Waals surface area (Å²) in [5.74, 6) is 0. The zero-order chi connectivity index (χ0) is 41.8. The topological polar surface area (TPSA) is 32.8 Å². The quantitative estimate of drug-likeness (QED) is 0.167. The number of nitrogens with zero attached hydrogens (tertiary/aromatic N) is 2. The summed E-state index contributed by atoms with van der Waals surface area (Å²) in [6.45, 7) is 4.41. The van der Waals surface area contributed by atoms with Crippen molar-refractivity contribution in [3.8, 4) is 0 Å². The monoisotopic (exact) mass is 826 g/mol. The van der Waals surface area contributed by atoms with Gasteiger partial charge in [-0.2, -0.15) is 0 Å². The van der Waals surface area contributed by atoms with Crippen LogP contribution >= 0.6 is 11.3 Å². The van der Waals surface area contributed by atoms with Crippen LogP contribution in [0, 0.1) is 13.8 Å². The zero-order valence-electron chi connectivity index (χ0n) is 34.6. The summed E-state index contributed by atoms with van der Waals surface area (Å²) in [5, 5.41) is 11.7. The van der Waals surface area contributed by atoms with E-state index in [1.54, 1.807) is 0 Å². The summed E-state index contributed by atoms with van der Waals surface area (Å²) in [7, 11) is 0. The molecule has 0 bridgehead atoms. The average molecular weight is 827 g/mol. The molecular formula is C58H38N2O2S. The second kappa shape index (κ2) is 13.8. The van der Waals surface area contributed by atoms with Crippen molar-refractivity contribution in [3.05, 3.63) is 205 Å². The van der Waals surface area contributed by atoms with Gasteiger partial charge in [-0.05, 0) is 95.1 Å². The van der Waals surface area contributed by atoms with E-state index < -0.39 is 0 Å². The third kappa shape index (κ3) is 5.33. The van der Waals surface area contributed by atoms with Crippen molar-refractivity contribution in [1.29, 1.82) is 0 Å². The van der Waals surface area contributed by atoms with Gasteiger partial charge in [0.1, 0.15) is 11.2 Å². The molecule has 3 aromatic heterocycles. The van der Waals surface area contributed by atoms with Gasteiger partial charge in [-0.25, -0.2) is 0 Å². The van der Waals surface area contributed by atoms with Crippen molar-refractivity contribution in [2.45, 2.75) is 13.8 Å². The minimum Gasteiger partial charge on any atom is -0.454 e. The fourth-order valence-corrected chi connectivity index (χ4v) is 11.3. The molecule has 0 radical (unpaired) electrons. The number of hydrogen-bond acceptors (Lipinski definition) is 5. The van der Waals surface area contributed by atoms with Gasteiger partial charge < -0.3 is 18.6 Å². The first-order chi connectivity index (χ1) is 31.1. The molecular weight excluding hydrogens is 789 g/mol. The molecule has 0 aliphatic heterocycles. The van der Waals surface area contributed by atoms with Crippen LogP contribution in [-0.4, -0.2) is 0 Å². The molecule has 0 N–H and O–H groups in total. The Bertz CT molecular complexity index is 3730. The van der Waals surface area contributed by atoms with Crippen LogP contribution in [0.3, 0.4) is 0 Å². The number of benzene rings is 10. The van der Waals surface area contributed by atoms with Gasteiger partial charge in [0, 0.05) is 43.7 Å². The van der Waals surface area contributed by atoms with Crippen LogP contribution < -0.4 is 9.80 Å². The number of aryl methyl sites for hydroxylation is 2. The number of furan rings is 2. The van der Waals surface area contributed by atoms with Crippen LogP contribution in [-0.2, 0) is 0 Å². The Labute approximate surface area is 367 Å². The van der Waals surface area contributed by atoms with E-state index in [1.807, 2.05) is 23.5 Å². The molecule has 0 spiro atoms. The minimum atomic E-state index is 0.861. The van der Waals surface area contributed by atoms with E-state index in [1.165, 1.54) is 52.8 Å². The second-order valence-corrected chi connectivity index (χ2v) is 17.5. The molecule has 0 aliphatic rings. The fraction of sp³-hybridized carbons (Fsp3) is 0.0345. The molecule has 298 valence electrons. The van der Waals surface area contributed by atoms with Gasteiger partial charge in [-0.1, -0.05) is 146 Å². The first-order valence-electron chi connectivity index (χ1n) is 21.4. The summed E-state index contributed by atoms with van der Waals surface area (Å²) in [4.78, 5) is 4.89. The SMILES string of the molecule is Cc1ccccc1N(c1cccc2c1oc1ccccc12)c1cc2ccccc2c2c1sc1c(N(c3ccccc3C)c3cccc4c3oc3ccccc34)cc3ccccc3c12. The van der Waals surface area contributed by atoms with E-state index in [4.69, 9.17) is 8.83 Å². The number of thiophene rings is 1. The highest BCUT2D eigenvalue weighted by Gasteiger charge is 2.29. The number of hydrogen-bond donors (Lipinski definition) is 0. The molecule has 0 saturated carbocycles. The molecule has 0 atom stereocenters. The second-order valence-electron chi connectivity index (χ2n) is 16.5. The number of anilines is 6. The molecule has 0 saturated heterocycles. The lowest BCUT2D eigenvalue weighted by atomic mass is 9.97. The molecule has 13 aromatic rings. The van der Waals surface area contributed by atoms with Gasteiger partial charge in [0.25, 0.3) is 0 Å². The van der Waals surface area contributed by atoms with E-state index in [9.17, 15) is 0 Å². The maximum atomic E-state index is 6.83. The van der Waals surface area contributed by atoms with Crippen molar-refractivity contribution < 1.29 is 8.83 Å². The number of para-hydroxylation sites is 6. The molecule has 0 amide bonds. The zero-order valence-corrected chi connectivity index (χ0v) is 35.4. The Balaban J connectivity index is 1.20. The van der Waals surface area contributed by atoms with Gasteiger partial charge in [-0.3, -0.25) is 0 Å². The molecule has 3 heterocycles. The lowest BCUT2D eigenvalue weighted by molar-refractivity contribution is 0.668. The van der Waals surface area contributed by atoms with Crippen molar-refractivity contribution in [1.82, 2.24) is 0 Å². The minimum absolute atomic E-state index is 0.861. The third-order valence-electron chi connectivity index (χ3n) is 12.9. The lowest BCUT2D eigenvalue weighted by Crippen LogP contribution is -2.12. The summed E-state index contributed by atoms with van der Waals surface area (Å²) in [6.07, 6.45) is 0. The van der Waals surface area contributed by atoms with Crippen LogP contribution in [0.2, 0.25) is 0 Å². The van der Waals surface area contributed by atoms with E-state index in [-0.39, 0.29) is 0 Å². The number of fused-ring (bicyclic) bond motifs is 13. The molecule has 13 rings (SSSR count). The normalized spacial score (nSPS) is 12.0. The predicted octanol–water partition coefficient (Wildman–Crippen LogP) is 17.7. The van der Waals surface area contributed by atoms with Gasteiger partial charge in [0.2, 0.25) is 0 Å². The van der Waals surface area contributed by atoms with Crippen LogP contribution in [0.1, 0.15) is 11.1 Å². The van der Waals surface area contributed by atoms with E-state index in [2.05, 4.69) is 206 Å². The fourth-order valence-electron chi connectivity index (χ4n) is 9.99. The van der Waals surface area contributed by atoms with Crippen LogP contribution in [0.4, 0.5) is 34.1 Å². The maximum absolute atomic E-state index is 6.83. The Morgan fingerprint density at radius 2 is 0.698 bits per heavy atom. The van der Waals surface area contributed by atoms with Crippen molar-refractivity contribution in [3.63, 3.8) is 0 Å². The molecule has 0 unspecified atom stereocenters. The lowest BCUT2D eigenvalue weighted by Gasteiger charge is -2.28. The highest BCUT2D eigenvalue weighted by molar-refractivity contribution is 7.27. The van der Waals surface area contributed by atoms with Crippen molar-refractivity contribution in [2.24, 2.45) is 0 Å². The van der Waals surface area contributed by atoms with Crippen molar-refractivity contribution in [2.75, 3.05) is 9.80 Å². The van der Waals surface area contributed by atoms with E-state index in [0.29, 0.717) is 0 Å². The van der Waals surface area contributed by atoms with Gasteiger partial charge in [-0.15, -0.1) is 11.3 Å².